The molecule has 0 bridgehead atoms. The average molecular weight is 349 g/mol. The second-order valence-corrected chi connectivity index (χ2v) is 5.52. The summed E-state index contributed by atoms with van der Waals surface area (Å²) in [6.07, 6.45) is 1.47. The molecule has 1 N–H and O–H groups in total. The first-order chi connectivity index (χ1) is 12.7. The van der Waals surface area contributed by atoms with Crippen molar-refractivity contribution < 1.29 is 14.3 Å². The summed E-state index contributed by atoms with van der Waals surface area (Å²) >= 11 is 0. The van der Waals surface area contributed by atoms with Crippen LogP contribution in [0.15, 0.2) is 66.9 Å². The van der Waals surface area contributed by atoms with Crippen molar-refractivity contribution in [3.05, 3.63) is 78.0 Å². The van der Waals surface area contributed by atoms with E-state index in [-0.39, 0.29) is 17.8 Å². The van der Waals surface area contributed by atoms with Gasteiger partial charge in [-0.3, -0.25) is 4.79 Å². The molecule has 3 rings (SSSR count). The zero-order chi connectivity index (χ0) is 18.4. The molecule has 1 amide bonds. The minimum atomic E-state index is -0.468. The van der Waals surface area contributed by atoms with E-state index in [0.717, 1.165) is 11.1 Å². The van der Waals surface area contributed by atoms with E-state index in [1.54, 1.807) is 0 Å². The third-order valence-corrected chi connectivity index (χ3v) is 3.89. The SMILES string of the molecule is COc1ncc(NC(=O)C(c2ccccc2)c2ccccc2)c(OC)n1. The number of ether oxygens (including phenoxy) is 2. The summed E-state index contributed by atoms with van der Waals surface area (Å²) in [5.41, 5.74) is 2.17. The van der Waals surface area contributed by atoms with E-state index < -0.39 is 5.92 Å². The van der Waals surface area contributed by atoms with Crippen LogP contribution in [0.4, 0.5) is 5.69 Å². The fourth-order valence-corrected chi connectivity index (χ4v) is 2.68. The number of nitrogens with one attached hydrogen (secondary N) is 1. The molecule has 6 heteroatoms. The van der Waals surface area contributed by atoms with Crippen LogP contribution >= 0.6 is 0 Å². The molecule has 0 radical (unpaired) electrons. The standard InChI is InChI=1S/C20H19N3O3/c1-25-19-16(13-21-20(23-19)26-2)22-18(24)17(14-9-5-3-6-10-14)15-11-7-4-8-12-15/h3-13,17H,1-2H3,(H,22,24). The van der Waals surface area contributed by atoms with Gasteiger partial charge in [-0.1, -0.05) is 60.7 Å². The van der Waals surface area contributed by atoms with Crippen molar-refractivity contribution in [1.29, 1.82) is 0 Å². The Morgan fingerprint density at radius 3 is 2.00 bits per heavy atom. The fraction of sp³-hybridized carbons (Fsp3) is 0.150. The topological polar surface area (TPSA) is 73.3 Å². The van der Waals surface area contributed by atoms with E-state index >= 15 is 0 Å². The van der Waals surface area contributed by atoms with E-state index in [0.29, 0.717) is 5.69 Å². The lowest BCUT2D eigenvalue weighted by Gasteiger charge is -2.18. The molecular weight excluding hydrogens is 330 g/mol. The second-order valence-electron chi connectivity index (χ2n) is 5.52. The van der Waals surface area contributed by atoms with E-state index in [2.05, 4.69) is 15.3 Å². The molecule has 6 nitrogen and oxygen atoms in total. The lowest BCUT2D eigenvalue weighted by Crippen LogP contribution is -2.22. The average Bonchev–Trinajstić information content (AvgIpc) is 2.70. The molecule has 0 saturated carbocycles. The Balaban J connectivity index is 1.94. The number of amides is 1. The monoisotopic (exact) mass is 349 g/mol. The Kier molecular flexibility index (Phi) is 5.43. The summed E-state index contributed by atoms with van der Waals surface area (Å²) in [5.74, 6) is -0.427. The van der Waals surface area contributed by atoms with Crippen molar-refractivity contribution in [2.24, 2.45) is 0 Å². The Morgan fingerprint density at radius 2 is 1.50 bits per heavy atom. The Hall–Kier alpha value is -3.41. The Bertz CT molecular complexity index is 830. The van der Waals surface area contributed by atoms with Gasteiger partial charge in [0, 0.05) is 0 Å². The fourth-order valence-electron chi connectivity index (χ4n) is 2.68. The van der Waals surface area contributed by atoms with Gasteiger partial charge in [0.15, 0.2) is 0 Å². The van der Waals surface area contributed by atoms with Gasteiger partial charge in [0.05, 0.1) is 26.3 Å². The molecule has 0 atom stereocenters. The van der Waals surface area contributed by atoms with Crippen LogP contribution in [0.1, 0.15) is 17.0 Å². The van der Waals surface area contributed by atoms with Gasteiger partial charge < -0.3 is 14.8 Å². The van der Waals surface area contributed by atoms with Crippen molar-refractivity contribution in [2.75, 3.05) is 19.5 Å². The quantitative estimate of drug-likeness (QED) is 0.739. The number of anilines is 1. The highest BCUT2D eigenvalue weighted by Crippen LogP contribution is 2.28. The van der Waals surface area contributed by atoms with Gasteiger partial charge in [-0.15, -0.1) is 0 Å². The molecule has 132 valence electrons. The highest BCUT2D eigenvalue weighted by molar-refractivity contribution is 5.98. The van der Waals surface area contributed by atoms with Gasteiger partial charge in [0.25, 0.3) is 0 Å². The van der Waals surface area contributed by atoms with Crippen LogP contribution in [0, 0.1) is 0 Å². The van der Waals surface area contributed by atoms with Gasteiger partial charge in [0.2, 0.25) is 11.8 Å². The number of hydrogen-bond acceptors (Lipinski definition) is 5. The van der Waals surface area contributed by atoms with Gasteiger partial charge in [-0.25, -0.2) is 4.98 Å². The number of aromatic nitrogens is 2. The van der Waals surface area contributed by atoms with Crippen LogP contribution < -0.4 is 14.8 Å². The van der Waals surface area contributed by atoms with Crippen LogP contribution in [-0.4, -0.2) is 30.1 Å². The van der Waals surface area contributed by atoms with Crippen LogP contribution in [0.2, 0.25) is 0 Å². The normalized spacial score (nSPS) is 10.4. The molecule has 26 heavy (non-hydrogen) atoms. The summed E-state index contributed by atoms with van der Waals surface area (Å²) in [6, 6.07) is 19.4. The number of benzene rings is 2. The van der Waals surface area contributed by atoms with Crippen molar-refractivity contribution in [3.63, 3.8) is 0 Å². The van der Waals surface area contributed by atoms with Crippen LogP contribution in [0.5, 0.6) is 11.9 Å². The summed E-state index contributed by atoms with van der Waals surface area (Å²) in [5, 5.41) is 2.87. The highest BCUT2D eigenvalue weighted by Gasteiger charge is 2.24. The molecule has 3 aromatic rings. The molecule has 0 spiro atoms. The van der Waals surface area contributed by atoms with Crippen LogP contribution in [-0.2, 0) is 4.79 Å². The summed E-state index contributed by atoms with van der Waals surface area (Å²) in [7, 11) is 2.94. The van der Waals surface area contributed by atoms with Crippen molar-refractivity contribution >= 4 is 11.6 Å². The second kappa shape index (κ2) is 8.11. The molecular formula is C20H19N3O3. The van der Waals surface area contributed by atoms with Gasteiger partial charge in [-0.2, -0.15) is 4.98 Å². The van der Waals surface area contributed by atoms with Crippen molar-refractivity contribution in [1.82, 2.24) is 9.97 Å². The Morgan fingerprint density at radius 1 is 0.923 bits per heavy atom. The van der Waals surface area contributed by atoms with Crippen LogP contribution in [0.3, 0.4) is 0 Å². The molecule has 2 aromatic carbocycles. The van der Waals surface area contributed by atoms with E-state index in [4.69, 9.17) is 9.47 Å². The number of nitrogens with zero attached hydrogens (tertiary/aromatic N) is 2. The van der Waals surface area contributed by atoms with E-state index in [9.17, 15) is 4.79 Å². The van der Waals surface area contributed by atoms with E-state index in [1.807, 2.05) is 60.7 Å². The van der Waals surface area contributed by atoms with Gasteiger partial charge >= 0.3 is 6.01 Å². The molecule has 1 heterocycles. The first kappa shape index (κ1) is 17.4. The lowest BCUT2D eigenvalue weighted by atomic mass is 9.90. The third kappa shape index (κ3) is 3.80. The zero-order valence-electron chi connectivity index (χ0n) is 14.5. The smallest absolute Gasteiger partial charge is 0.319 e. The number of carbonyl (C=O) groups excluding carboxylic acids is 1. The molecule has 0 aliphatic rings. The summed E-state index contributed by atoms with van der Waals surface area (Å²) in [6.45, 7) is 0. The number of methoxy groups -OCH3 is 2. The largest absolute Gasteiger partial charge is 0.479 e. The van der Waals surface area contributed by atoms with Gasteiger partial charge in [0.1, 0.15) is 5.69 Å². The number of carbonyl (C=O) groups is 1. The molecule has 0 unspecified atom stereocenters. The molecule has 0 aliphatic carbocycles. The predicted octanol–water partition coefficient (Wildman–Crippen LogP) is 3.26. The molecule has 1 aromatic heterocycles. The molecule has 0 saturated heterocycles. The predicted molar refractivity (Wildman–Crippen MR) is 98.5 cm³/mol. The summed E-state index contributed by atoms with van der Waals surface area (Å²) < 4.78 is 10.2. The van der Waals surface area contributed by atoms with Gasteiger partial charge in [-0.05, 0) is 11.1 Å². The minimum absolute atomic E-state index is 0.169. The maximum absolute atomic E-state index is 13.1. The number of hydrogen-bond donors (Lipinski definition) is 1. The van der Waals surface area contributed by atoms with Crippen molar-refractivity contribution in [2.45, 2.75) is 5.92 Å². The number of rotatable bonds is 6. The first-order valence-corrected chi connectivity index (χ1v) is 8.08. The summed E-state index contributed by atoms with van der Waals surface area (Å²) in [4.78, 5) is 21.2. The maximum Gasteiger partial charge on any atom is 0.319 e. The molecule has 0 fully saturated rings. The van der Waals surface area contributed by atoms with Crippen LogP contribution in [0.25, 0.3) is 0 Å². The lowest BCUT2D eigenvalue weighted by molar-refractivity contribution is -0.116. The first-order valence-electron chi connectivity index (χ1n) is 8.08. The Labute approximate surface area is 151 Å². The zero-order valence-corrected chi connectivity index (χ0v) is 14.5. The van der Waals surface area contributed by atoms with Crippen molar-refractivity contribution in [3.8, 4) is 11.9 Å². The third-order valence-electron chi connectivity index (χ3n) is 3.89. The molecule has 0 aliphatic heterocycles. The van der Waals surface area contributed by atoms with E-state index in [1.165, 1.54) is 20.4 Å². The maximum atomic E-state index is 13.1. The highest BCUT2D eigenvalue weighted by atomic mass is 16.5. The minimum Gasteiger partial charge on any atom is -0.479 e.